The first-order valence-corrected chi connectivity index (χ1v) is 5.05. The van der Waals surface area contributed by atoms with Crippen molar-refractivity contribution in [2.45, 2.75) is 12.5 Å². The molecule has 0 bridgehead atoms. The maximum atomic E-state index is 13.4. The molecule has 2 rings (SSSR count). The summed E-state index contributed by atoms with van der Waals surface area (Å²) in [6.07, 6.45) is 0.401. The molecule has 0 aliphatic rings. The molecule has 1 N–H and O–H groups in total. The quantitative estimate of drug-likeness (QED) is 0.880. The summed E-state index contributed by atoms with van der Waals surface area (Å²) in [7, 11) is 1.62. The van der Waals surface area contributed by atoms with Crippen molar-refractivity contribution in [2.75, 3.05) is 0 Å². The molecule has 1 aromatic heterocycles. The van der Waals surface area contributed by atoms with E-state index in [1.165, 1.54) is 23.0 Å². The van der Waals surface area contributed by atoms with E-state index in [4.69, 9.17) is 0 Å². The zero-order valence-corrected chi connectivity index (χ0v) is 9.14. The topological polar surface area (TPSA) is 50.9 Å². The summed E-state index contributed by atoms with van der Waals surface area (Å²) in [5.74, 6) is -1.85. The molecule has 0 amide bonds. The maximum absolute atomic E-state index is 13.4. The van der Waals surface area contributed by atoms with Crippen molar-refractivity contribution < 1.29 is 13.9 Å². The lowest BCUT2D eigenvalue weighted by molar-refractivity contribution is 0.167. The van der Waals surface area contributed by atoms with Crippen LogP contribution >= 0.6 is 0 Å². The zero-order valence-electron chi connectivity index (χ0n) is 9.14. The Hall–Kier alpha value is -1.82. The van der Waals surface area contributed by atoms with Gasteiger partial charge in [0, 0.05) is 13.5 Å². The van der Waals surface area contributed by atoms with E-state index in [0.717, 1.165) is 6.07 Å². The van der Waals surface area contributed by atoms with Gasteiger partial charge in [0.1, 0.15) is 6.10 Å². The average Bonchev–Trinajstić information content (AvgIpc) is 2.71. The van der Waals surface area contributed by atoms with Crippen LogP contribution in [0.5, 0.6) is 0 Å². The Balaban J connectivity index is 2.22. The Morgan fingerprint density at radius 2 is 2.18 bits per heavy atom. The number of hydrogen-bond acceptors (Lipinski definition) is 3. The van der Waals surface area contributed by atoms with Crippen LogP contribution in [0.4, 0.5) is 8.78 Å². The lowest BCUT2D eigenvalue weighted by Gasteiger charge is -2.10. The van der Waals surface area contributed by atoms with E-state index in [9.17, 15) is 13.9 Å². The highest BCUT2D eigenvalue weighted by Crippen LogP contribution is 2.20. The van der Waals surface area contributed by atoms with Crippen LogP contribution in [-0.2, 0) is 13.5 Å². The number of nitrogens with zero attached hydrogens (tertiary/aromatic N) is 3. The summed E-state index contributed by atoms with van der Waals surface area (Å²) in [6, 6.07) is 3.88. The Kier molecular flexibility index (Phi) is 3.14. The van der Waals surface area contributed by atoms with Gasteiger partial charge in [-0.05, 0) is 11.6 Å². The molecule has 17 heavy (non-hydrogen) atoms. The summed E-state index contributed by atoms with van der Waals surface area (Å²) >= 11 is 0. The molecule has 4 nitrogen and oxygen atoms in total. The summed E-state index contributed by atoms with van der Waals surface area (Å²) in [6.45, 7) is 0. The summed E-state index contributed by atoms with van der Waals surface area (Å²) in [5, 5.41) is 17.1. The first-order valence-electron chi connectivity index (χ1n) is 5.05. The lowest BCUT2D eigenvalue weighted by Crippen LogP contribution is -2.09. The minimum Gasteiger partial charge on any atom is -0.386 e. The minimum atomic E-state index is -0.966. The molecule has 6 heteroatoms. The summed E-state index contributed by atoms with van der Waals surface area (Å²) < 4.78 is 27.7. The number of aliphatic hydroxyl groups is 1. The van der Waals surface area contributed by atoms with Crippen molar-refractivity contribution in [1.29, 1.82) is 0 Å². The SMILES string of the molecule is Cn1nncc1C(O)Cc1cccc(F)c1F. The van der Waals surface area contributed by atoms with Crippen molar-refractivity contribution in [3.8, 4) is 0 Å². The number of aryl methyl sites for hydroxylation is 1. The Bertz CT molecular complexity index is 527. The number of rotatable bonds is 3. The number of aromatic nitrogens is 3. The Morgan fingerprint density at radius 1 is 1.41 bits per heavy atom. The van der Waals surface area contributed by atoms with Crippen LogP contribution in [0.1, 0.15) is 17.4 Å². The van der Waals surface area contributed by atoms with Crippen molar-refractivity contribution in [2.24, 2.45) is 7.05 Å². The molecule has 1 atom stereocenters. The standard InChI is InChI=1S/C11H11F2N3O/c1-16-9(6-14-15-16)10(17)5-7-3-2-4-8(12)11(7)13/h2-4,6,10,17H,5H2,1H3. The second-order valence-corrected chi connectivity index (χ2v) is 3.72. The Labute approximate surface area is 96.5 Å². The third-order valence-electron chi connectivity index (χ3n) is 2.54. The highest BCUT2D eigenvalue weighted by atomic mass is 19.2. The molecule has 0 fully saturated rings. The lowest BCUT2D eigenvalue weighted by atomic mass is 10.1. The molecule has 1 unspecified atom stereocenters. The predicted molar refractivity (Wildman–Crippen MR) is 56.0 cm³/mol. The van der Waals surface area contributed by atoms with Crippen LogP contribution in [0.2, 0.25) is 0 Å². The van der Waals surface area contributed by atoms with Gasteiger partial charge in [0.2, 0.25) is 0 Å². The molecule has 1 aromatic carbocycles. The fourth-order valence-electron chi connectivity index (χ4n) is 1.62. The third-order valence-corrected chi connectivity index (χ3v) is 2.54. The van der Waals surface area contributed by atoms with Gasteiger partial charge in [0.15, 0.2) is 11.6 Å². The van der Waals surface area contributed by atoms with E-state index >= 15 is 0 Å². The average molecular weight is 239 g/mol. The first-order chi connectivity index (χ1) is 8.09. The molecular formula is C11H11F2N3O. The van der Waals surface area contributed by atoms with Crippen LogP contribution in [0.25, 0.3) is 0 Å². The van der Waals surface area contributed by atoms with Gasteiger partial charge in [-0.15, -0.1) is 5.10 Å². The van der Waals surface area contributed by atoms with Crippen LogP contribution in [-0.4, -0.2) is 20.1 Å². The molecule has 0 radical (unpaired) electrons. The zero-order chi connectivity index (χ0) is 12.4. The highest BCUT2D eigenvalue weighted by molar-refractivity contribution is 5.21. The molecule has 2 aromatic rings. The van der Waals surface area contributed by atoms with E-state index in [2.05, 4.69) is 10.3 Å². The van der Waals surface area contributed by atoms with Crippen molar-refractivity contribution >= 4 is 0 Å². The van der Waals surface area contributed by atoms with E-state index in [0.29, 0.717) is 5.69 Å². The van der Waals surface area contributed by atoms with Crippen LogP contribution < -0.4 is 0 Å². The highest BCUT2D eigenvalue weighted by Gasteiger charge is 2.16. The van der Waals surface area contributed by atoms with Gasteiger partial charge in [0.25, 0.3) is 0 Å². The summed E-state index contributed by atoms with van der Waals surface area (Å²) in [5.41, 5.74) is 0.576. The molecule has 1 heterocycles. The van der Waals surface area contributed by atoms with E-state index < -0.39 is 17.7 Å². The van der Waals surface area contributed by atoms with Crippen molar-refractivity contribution in [1.82, 2.24) is 15.0 Å². The van der Waals surface area contributed by atoms with Crippen LogP contribution in [0.15, 0.2) is 24.4 Å². The summed E-state index contributed by atoms with van der Waals surface area (Å²) in [4.78, 5) is 0. The Morgan fingerprint density at radius 3 is 2.82 bits per heavy atom. The van der Waals surface area contributed by atoms with Gasteiger partial charge in [-0.25, -0.2) is 13.5 Å². The molecule has 0 spiro atoms. The number of benzene rings is 1. The maximum Gasteiger partial charge on any atom is 0.162 e. The second kappa shape index (κ2) is 4.58. The molecule has 90 valence electrons. The van der Waals surface area contributed by atoms with Gasteiger partial charge in [-0.3, -0.25) is 0 Å². The van der Waals surface area contributed by atoms with Crippen molar-refractivity contribution in [3.05, 3.63) is 47.3 Å². The smallest absolute Gasteiger partial charge is 0.162 e. The number of hydrogen-bond donors (Lipinski definition) is 1. The van der Waals surface area contributed by atoms with Gasteiger partial charge in [-0.1, -0.05) is 17.3 Å². The molecular weight excluding hydrogens is 228 g/mol. The largest absolute Gasteiger partial charge is 0.386 e. The van der Waals surface area contributed by atoms with Gasteiger partial charge < -0.3 is 5.11 Å². The fraction of sp³-hybridized carbons (Fsp3) is 0.273. The molecule has 0 aliphatic heterocycles. The fourth-order valence-corrected chi connectivity index (χ4v) is 1.62. The van der Waals surface area contributed by atoms with Crippen LogP contribution in [0, 0.1) is 11.6 Å². The molecule has 0 saturated carbocycles. The molecule has 0 aliphatic carbocycles. The number of aliphatic hydroxyl groups excluding tert-OH is 1. The normalized spacial score (nSPS) is 12.7. The predicted octanol–water partition coefficient (Wildman–Crippen LogP) is 1.37. The van der Waals surface area contributed by atoms with E-state index in [1.54, 1.807) is 7.05 Å². The van der Waals surface area contributed by atoms with Crippen molar-refractivity contribution in [3.63, 3.8) is 0 Å². The van der Waals surface area contributed by atoms with E-state index in [-0.39, 0.29) is 12.0 Å². The third kappa shape index (κ3) is 2.31. The first kappa shape index (κ1) is 11.7. The number of halogens is 2. The second-order valence-electron chi connectivity index (χ2n) is 3.72. The van der Waals surface area contributed by atoms with Gasteiger partial charge in [0.05, 0.1) is 11.9 Å². The van der Waals surface area contributed by atoms with Gasteiger partial charge >= 0.3 is 0 Å². The molecule has 0 saturated heterocycles. The van der Waals surface area contributed by atoms with Crippen LogP contribution in [0.3, 0.4) is 0 Å². The van der Waals surface area contributed by atoms with E-state index in [1.807, 2.05) is 0 Å². The monoisotopic (exact) mass is 239 g/mol. The minimum absolute atomic E-state index is 0.0230. The van der Waals surface area contributed by atoms with Gasteiger partial charge in [-0.2, -0.15) is 0 Å².